The molecule has 0 aromatic heterocycles. The van der Waals surface area contributed by atoms with E-state index in [1.165, 1.54) is 12.1 Å². The van der Waals surface area contributed by atoms with E-state index in [1.807, 2.05) is 4.90 Å². The molecule has 1 aromatic carbocycles. The van der Waals surface area contributed by atoms with Crippen LogP contribution in [0.4, 0.5) is 5.69 Å². The maximum absolute atomic E-state index is 11.3. The highest BCUT2D eigenvalue weighted by atomic mass is 32.2. The SMILES string of the molecule is NC(=O)C1CCN(c2cccc(S(N)(=O)=O)c2)C1. The van der Waals surface area contributed by atoms with Crippen LogP contribution >= 0.6 is 0 Å². The zero-order valence-electron chi connectivity index (χ0n) is 9.74. The number of rotatable bonds is 3. The van der Waals surface area contributed by atoms with Gasteiger partial charge in [0.1, 0.15) is 0 Å². The summed E-state index contributed by atoms with van der Waals surface area (Å²) in [4.78, 5) is 13.1. The lowest BCUT2D eigenvalue weighted by Gasteiger charge is -2.18. The molecule has 0 radical (unpaired) electrons. The predicted octanol–water partition coefficient (Wildman–Crippen LogP) is -0.354. The molecular weight excluding hydrogens is 254 g/mol. The number of amides is 1. The highest BCUT2D eigenvalue weighted by Crippen LogP contribution is 2.25. The second-order valence-electron chi connectivity index (χ2n) is 4.38. The van der Waals surface area contributed by atoms with Gasteiger partial charge < -0.3 is 10.6 Å². The molecule has 18 heavy (non-hydrogen) atoms. The normalized spacial score (nSPS) is 20.1. The van der Waals surface area contributed by atoms with Gasteiger partial charge in [0.05, 0.1) is 10.8 Å². The molecule has 1 saturated heterocycles. The minimum atomic E-state index is -3.70. The molecule has 6 nitrogen and oxygen atoms in total. The van der Waals surface area contributed by atoms with E-state index in [0.717, 1.165) is 5.69 Å². The number of nitrogens with zero attached hydrogens (tertiary/aromatic N) is 1. The molecule has 0 spiro atoms. The van der Waals surface area contributed by atoms with Crippen molar-refractivity contribution in [2.24, 2.45) is 16.8 Å². The van der Waals surface area contributed by atoms with Gasteiger partial charge in [-0.1, -0.05) is 6.07 Å². The van der Waals surface area contributed by atoms with Gasteiger partial charge >= 0.3 is 0 Å². The van der Waals surface area contributed by atoms with Crippen LogP contribution in [-0.2, 0) is 14.8 Å². The van der Waals surface area contributed by atoms with Gasteiger partial charge in [-0.15, -0.1) is 0 Å². The van der Waals surface area contributed by atoms with Crippen molar-refractivity contribution in [2.45, 2.75) is 11.3 Å². The van der Waals surface area contributed by atoms with Crippen molar-refractivity contribution in [1.82, 2.24) is 0 Å². The molecule has 1 aliphatic rings. The van der Waals surface area contributed by atoms with E-state index < -0.39 is 10.0 Å². The first-order chi connectivity index (χ1) is 8.38. The van der Waals surface area contributed by atoms with Gasteiger partial charge in [0.2, 0.25) is 15.9 Å². The summed E-state index contributed by atoms with van der Waals surface area (Å²) < 4.78 is 22.5. The van der Waals surface area contributed by atoms with Crippen LogP contribution in [0.3, 0.4) is 0 Å². The van der Waals surface area contributed by atoms with Gasteiger partial charge in [-0.2, -0.15) is 0 Å². The Balaban J connectivity index is 2.23. The Morgan fingerprint density at radius 1 is 1.39 bits per heavy atom. The molecule has 1 aromatic rings. The molecule has 4 N–H and O–H groups in total. The highest BCUT2D eigenvalue weighted by molar-refractivity contribution is 7.89. The van der Waals surface area contributed by atoms with Crippen molar-refractivity contribution in [1.29, 1.82) is 0 Å². The van der Waals surface area contributed by atoms with Gasteiger partial charge in [0.15, 0.2) is 0 Å². The third kappa shape index (κ3) is 2.62. The Morgan fingerprint density at radius 2 is 2.11 bits per heavy atom. The average Bonchev–Trinajstić information content (AvgIpc) is 2.77. The Labute approximate surface area is 106 Å². The second-order valence-corrected chi connectivity index (χ2v) is 5.94. The summed E-state index contributed by atoms with van der Waals surface area (Å²) in [5, 5.41) is 5.08. The van der Waals surface area contributed by atoms with Crippen LogP contribution in [0.1, 0.15) is 6.42 Å². The number of primary sulfonamides is 1. The van der Waals surface area contributed by atoms with Crippen LogP contribution < -0.4 is 15.8 Å². The topological polar surface area (TPSA) is 106 Å². The Hall–Kier alpha value is -1.60. The Bertz CT molecular complexity index is 571. The molecule has 1 heterocycles. The lowest BCUT2D eigenvalue weighted by Crippen LogP contribution is -2.27. The molecule has 1 unspecified atom stereocenters. The summed E-state index contributed by atoms with van der Waals surface area (Å²) in [6.07, 6.45) is 0.689. The van der Waals surface area contributed by atoms with Crippen molar-refractivity contribution in [3.05, 3.63) is 24.3 Å². The van der Waals surface area contributed by atoms with Crippen molar-refractivity contribution in [3.63, 3.8) is 0 Å². The summed E-state index contributed by atoms with van der Waals surface area (Å²) in [6, 6.07) is 6.38. The van der Waals surface area contributed by atoms with Crippen molar-refractivity contribution in [3.8, 4) is 0 Å². The molecule has 0 aliphatic carbocycles. The summed E-state index contributed by atoms with van der Waals surface area (Å²) in [5.41, 5.74) is 6.00. The lowest BCUT2D eigenvalue weighted by atomic mass is 10.1. The maximum atomic E-state index is 11.3. The van der Waals surface area contributed by atoms with Gasteiger partial charge in [-0.3, -0.25) is 4.79 Å². The average molecular weight is 269 g/mol. The molecule has 7 heteroatoms. The van der Waals surface area contributed by atoms with Gasteiger partial charge in [-0.25, -0.2) is 13.6 Å². The van der Waals surface area contributed by atoms with E-state index in [-0.39, 0.29) is 16.7 Å². The van der Waals surface area contributed by atoms with Crippen molar-refractivity contribution in [2.75, 3.05) is 18.0 Å². The lowest BCUT2D eigenvalue weighted by molar-refractivity contribution is -0.121. The second kappa shape index (κ2) is 4.58. The fourth-order valence-electron chi connectivity index (χ4n) is 2.08. The minimum Gasteiger partial charge on any atom is -0.371 e. The molecule has 1 atom stereocenters. The third-order valence-corrected chi connectivity index (χ3v) is 4.01. The van der Waals surface area contributed by atoms with Crippen molar-refractivity contribution >= 4 is 21.6 Å². The van der Waals surface area contributed by atoms with E-state index in [0.29, 0.717) is 19.5 Å². The van der Waals surface area contributed by atoms with Crippen LogP contribution in [0.2, 0.25) is 0 Å². The van der Waals surface area contributed by atoms with Gasteiger partial charge in [0.25, 0.3) is 0 Å². The number of sulfonamides is 1. The number of anilines is 1. The number of primary amides is 1. The Morgan fingerprint density at radius 3 is 2.67 bits per heavy atom. The van der Waals surface area contributed by atoms with Crippen LogP contribution in [0, 0.1) is 5.92 Å². The molecule has 1 fully saturated rings. The van der Waals surface area contributed by atoms with Crippen LogP contribution in [0.25, 0.3) is 0 Å². The predicted molar refractivity (Wildman–Crippen MR) is 67.3 cm³/mol. The first-order valence-electron chi connectivity index (χ1n) is 5.55. The summed E-state index contributed by atoms with van der Waals surface area (Å²) in [7, 11) is -3.70. The minimum absolute atomic E-state index is 0.0718. The number of hydrogen-bond donors (Lipinski definition) is 2. The zero-order valence-corrected chi connectivity index (χ0v) is 10.6. The van der Waals surface area contributed by atoms with E-state index in [2.05, 4.69) is 0 Å². The zero-order chi connectivity index (χ0) is 13.3. The van der Waals surface area contributed by atoms with E-state index in [9.17, 15) is 13.2 Å². The summed E-state index contributed by atoms with van der Waals surface area (Å²) in [6.45, 7) is 1.20. The quantitative estimate of drug-likeness (QED) is 0.781. The number of carbonyl (C=O) groups is 1. The molecule has 0 saturated carbocycles. The summed E-state index contributed by atoms with van der Waals surface area (Å²) >= 11 is 0. The maximum Gasteiger partial charge on any atom is 0.238 e. The first kappa shape index (κ1) is 12.8. The number of hydrogen-bond acceptors (Lipinski definition) is 4. The van der Waals surface area contributed by atoms with E-state index >= 15 is 0 Å². The molecule has 1 amide bonds. The van der Waals surface area contributed by atoms with Crippen LogP contribution in [0.5, 0.6) is 0 Å². The standard InChI is InChI=1S/C11H15N3O3S/c12-11(15)8-4-5-14(7-8)9-2-1-3-10(6-9)18(13,16)17/h1-3,6,8H,4-5,7H2,(H2,12,15)(H2,13,16,17). The summed E-state index contributed by atoms with van der Waals surface area (Å²) in [5.74, 6) is -0.497. The third-order valence-electron chi connectivity index (χ3n) is 3.10. The van der Waals surface area contributed by atoms with Crippen molar-refractivity contribution < 1.29 is 13.2 Å². The van der Waals surface area contributed by atoms with E-state index in [4.69, 9.17) is 10.9 Å². The first-order valence-corrected chi connectivity index (χ1v) is 7.09. The largest absolute Gasteiger partial charge is 0.371 e. The monoisotopic (exact) mass is 269 g/mol. The number of carbonyl (C=O) groups excluding carboxylic acids is 1. The molecule has 98 valence electrons. The molecule has 2 rings (SSSR count). The highest BCUT2D eigenvalue weighted by Gasteiger charge is 2.27. The number of nitrogens with two attached hydrogens (primary N) is 2. The van der Waals surface area contributed by atoms with Crippen LogP contribution in [0.15, 0.2) is 29.2 Å². The van der Waals surface area contributed by atoms with E-state index in [1.54, 1.807) is 12.1 Å². The number of benzene rings is 1. The van der Waals surface area contributed by atoms with Gasteiger partial charge in [0, 0.05) is 18.8 Å². The smallest absolute Gasteiger partial charge is 0.238 e. The molecular formula is C11H15N3O3S. The van der Waals surface area contributed by atoms with Gasteiger partial charge in [-0.05, 0) is 24.6 Å². The molecule has 1 aliphatic heterocycles. The fourth-order valence-corrected chi connectivity index (χ4v) is 2.64. The van der Waals surface area contributed by atoms with Crippen LogP contribution in [-0.4, -0.2) is 27.4 Å². The molecule has 0 bridgehead atoms. The fraction of sp³-hybridized carbons (Fsp3) is 0.364. The Kier molecular flexibility index (Phi) is 3.27.